The van der Waals surface area contributed by atoms with Gasteiger partial charge in [0.05, 0.1) is 13.0 Å². The van der Waals surface area contributed by atoms with Gasteiger partial charge in [-0.3, -0.25) is 9.78 Å². The SMILES string of the molecule is CCOC(=O)CCN(C)CCCc1ccncc1. The Hall–Kier alpha value is -1.42. The van der Waals surface area contributed by atoms with Crippen LogP contribution in [-0.4, -0.2) is 42.6 Å². The summed E-state index contributed by atoms with van der Waals surface area (Å²) in [5.74, 6) is -0.113. The highest BCUT2D eigenvalue weighted by molar-refractivity contribution is 5.69. The van der Waals surface area contributed by atoms with Crippen molar-refractivity contribution in [1.82, 2.24) is 9.88 Å². The van der Waals surface area contributed by atoms with Gasteiger partial charge in [-0.2, -0.15) is 0 Å². The molecule has 0 aliphatic heterocycles. The van der Waals surface area contributed by atoms with Gasteiger partial charge in [0.2, 0.25) is 0 Å². The second-order valence-corrected chi connectivity index (χ2v) is 4.32. The van der Waals surface area contributed by atoms with Crippen molar-refractivity contribution in [3.63, 3.8) is 0 Å². The first-order valence-corrected chi connectivity index (χ1v) is 6.45. The Morgan fingerprint density at radius 1 is 1.33 bits per heavy atom. The minimum Gasteiger partial charge on any atom is -0.466 e. The number of carbonyl (C=O) groups is 1. The topological polar surface area (TPSA) is 42.4 Å². The fraction of sp³-hybridized carbons (Fsp3) is 0.571. The van der Waals surface area contributed by atoms with E-state index in [1.807, 2.05) is 38.5 Å². The summed E-state index contributed by atoms with van der Waals surface area (Å²) < 4.78 is 4.89. The maximum Gasteiger partial charge on any atom is 0.307 e. The van der Waals surface area contributed by atoms with E-state index in [0.29, 0.717) is 13.0 Å². The van der Waals surface area contributed by atoms with Crippen molar-refractivity contribution in [3.05, 3.63) is 30.1 Å². The molecule has 0 aromatic carbocycles. The molecule has 1 aromatic heterocycles. The molecule has 0 fully saturated rings. The second-order valence-electron chi connectivity index (χ2n) is 4.32. The number of hydrogen-bond donors (Lipinski definition) is 0. The van der Waals surface area contributed by atoms with Crippen LogP contribution in [0.4, 0.5) is 0 Å². The van der Waals surface area contributed by atoms with Crippen LogP contribution in [-0.2, 0) is 16.0 Å². The Kier molecular flexibility index (Phi) is 7.03. The normalized spacial score (nSPS) is 10.6. The Balaban J connectivity index is 2.10. The molecule has 0 spiro atoms. The van der Waals surface area contributed by atoms with Crippen LogP contribution in [0, 0.1) is 0 Å². The van der Waals surface area contributed by atoms with Crippen molar-refractivity contribution in [1.29, 1.82) is 0 Å². The molecule has 0 saturated heterocycles. The zero-order valence-corrected chi connectivity index (χ0v) is 11.3. The largest absolute Gasteiger partial charge is 0.466 e. The molecule has 4 nitrogen and oxygen atoms in total. The van der Waals surface area contributed by atoms with Gasteiger partial charge < -0.3 is 9.64 Å². The molecule has 18 heavy (non-hydrogen) atoms. The summed E-state index contributed by atoms with van der Waals surface area (Å²) in [5.41, 5.74) is 1.31. The molecule has 0 aliphatic rings. The third kappa shape index (κ3) is 6.35. The number of aromatic nitrogens is 1. The number of esters is 1. The van der Waals surface area contributed by atoms with Crippen molar-refractivity contribution in [2.45, 2.75) is 26.2 Å². The van der Waals surface area contributed by atoms with Crippen LogP contribution >= 0.6 is 0 Å². The molecule has 0 amide bonds. The quantitative estimate of drug-likeness (QED) is 0.661. The van der Waals surface area contributed by atoms with Gasteiger partial charge in [0.1, 0.15) is 0 Å². The summed E-state index contributed by atoms with van der Waals surface area (Å²) in [6.07, 6.45) is 6.24. The molecule has 0 bridgehead atoms. The van der Waals surface area contributed by atoms with Gasteiger partial charge in [-0.1, -0.05) is 0 Å². The van der Waals surface area contributed by atoms with Gasteiger partial charge in [-0.05, 0) is 51.1 Å². The second kappa shape index (κ2) is 8.64. The molecule has 0 unspecified atom stereocenters. The van der Waals surface area contributed by atoms with Gasteiger partial charge in [-0.25, -0.2) is 0 Å². The first kappa shape index (κ1) is 14.6. The molecule has 4 heteroatoms. The maximum absolute atomic E-state index is 11.2. The minimum atomic E-state index is -0.113. The summed E-state index contributed by atoms with van der Waals surface area (Å²) >= 11 is 0. The fourth-order valence-corrected chi connectivity index (χ4v) is 1.73. The third-order valence-electron chi connectivity index (χ3n) is 2.76. The summed E-state index contributed by atoms with van der Waals surface area (Å²) in [6, 6.07) is 4.08. The van der Waals surface area contributed by atoms with Crippen molar-refractivity contribution in [3.8, 4) is 0 Å². The number of nitrogens with zero attached hydrogens (tertiary/aromatic N) is 2. The summed E-state index contributed by atoms with van der Waals surface area (Å²) in [5, 5.41) is 0. The molecule has 0 aliphatic carbocycles. The third-order valence-corrected chi connectivity index (χ3v) is 2.76. The van der Waals surface area contributed by atoms with Crippen molar-refractivity contribution in [2.75, 3.05) is 26.7 Å². The van der Waals surface area contributed by atoms with Crippen LogP contribution in [0.2, 0.25) is 0 Å². The standard InChI is InChI=1S/C14H22N2O2/c1-3-18-14(17)8-12-16(2)11-4-5-13-6-9-15-10-7-13/h6-7,9-10H,3-5,8,11-12H2,1-2H3. The first-order valence-electron chi connectivity index (χ1n) is 6.45. The van der Waals surface area contributed by atoms with Crippen LogP contribution in [0.15, 0.2) is 24.5 Å². The Bertz CT molecular complexity index is 341. The lowest BCUT2D eigenvalue weighted by molar-refractivity contribution is -0.143. The van der Waals surface area contributed by atoms with E-state index in [9.17, 15) is 4.79 Å². The van der Waals surface area contributed by atoms with Crippen molar-refractivity contribution in [2.24, 2.45) is 0 Å². The monoisotopic (exact) mass is 250 g/mol. The smallest absolute Gasteiger partial charge is 0.307 e. The number of rotatable bonds is 8. The summed E-state index contributed by atoms with van der Waals surface area (Å²) in [4.78, 5) is 17.3. The van der Waals surface area contributed by atoms with Gasteiger partial charge in [0.25, 0.3) is 0 Å². The molecule has 0 saturated carbocycles. The Morgan fingerprint density at radius 2 is 2.06 bits per heavy atom. The molecule has 100 valence electrons. The molecule has 0 radical (unpaired) electrons. The summed E-state index contributed by atoms with van der Waals surface area (Å²) in [6.45, 7) is 4.04. The van der Waals surface area contributed by atoms with Gasteiger partial charge in [-0.15, -0.1) is 0 Å². The zero-order chi connectivity index (χ0) is 13.2. The van der Waals surface area contributed by atoms with Crippen LogP contribution in [0.3, 0.4) is 0 Å². The molecule has 1 aromatic rings. The van der Waals surface area contributed by atoms with E-state index in [1.165, 1.54) is 5.56 Å². The fourth-order valence-electron chi connectivity index (χ4n) is 1.73. The van der Waals surface area contributed by atoms with Crippen LogP contribution in [0.1, 0.15) is 25.3 Å². The maximum atomic E-state index is 11.2. The van der Waals surface area contributed by atoms with E-state index < -0.39 is 0 Å². The first-order chi connectivity index (χ1) is 8.72. The van der Waals surface area contributed by atoms with E-state index in [4.69, 9.17) is 4.74 Å². The van der Waals surface area contributed by atoms with E-state index in [2.05, 4.69) is 9.88 Å². The predicted octanol–water partition coefficient (Wildman–Crippen LogP) is 1.90. The number of hydrogen-bond acceptors (Lipinski definition) is 4. The van der Waals surface area contributed by atoms with E-state index in [-0.39, 0.29) is 5.97 Å². The molecule has 0 atom stereocenters. The lowest BCUT2D eigenvalue weighted by Crippen LogP contribution is -2.24. The van der Waals surface area contributed by atoms with E-state index in [1.54, 1.807) is 0 Å². The molecule has 1 rings (SSSR count). The van der Waals surface area contributed by atoms with E-state index >= 15 is 0 Å². The number of pyridine rings is 1. The number of ether oxygens (including phenoxy) is 1. The average molecular weight is 250 g/mol. The highest BCUT2D eigenvalue weighted by Gasteiger charge is 2.04. The Morgan fingerprint density at radius 3 is 2.72 bits per heavy atom. The van der Waals surface area contributed by atoms with Gasteiger partial charge >= 0.3 is 5.97 Å². The number of aryl methyl sites for hydroxylation is 1. The Labute approximate surface area is 109 Å². The minimum absolute atomic E-state index is 0.113. The van der Waals surface area contributed by atoms with Gasteiger partial charge in [0.15, 0.2) is 0 Å². The predicted molar refractivity (Wildman–Crippen MR) is 71.3 cm³/mol. The molecular formula is C14H22N2O2. The summed E-state index contributed by atoms with van der Waals surface area (Å²) in [7, 11) is 2.03. The van der Waals surface area contributed by atoms with Crippen molar-refractivity contribution < 1.29 is 9.53 Å². The zero-order valence-electron chi connectivity index (χ0n) is 11.3. The van der Waals surface area contributed by atoms with E-state index in [0.717, 1.165) is 25.9 Å². The van der Waals surface area contributed by atoms with Gasteiger partial charge in [0, 0.05) is 18.9 Å². The highest BCUT2D eigenvalue weighted by Crippen LogP contribution is 2.02. The van der Waals surface area contributed by atoms with Crippen molar-refractivity contribution >= 4 is 5.97 Å². The van der Waals surface area contributed by atoms with Crippen LogP contribution < -0.4 is 0 Å². The van der Waals surface area contributed by atoms with Crippen LogP contribution in [0.5, 0.6) is 0 Å². The lowest BCUT2D eigenvalue weighted by Gasteiger charge is -2.15. The van der Waals surface area contributed by atoms with Crippen LogP contribution in [0.25, 0.3) is 0 Å². The molecular weight excluding hydrogens is 228 g/mol. The molecule has 0 N–H and O–H groups in total. The lowest BCUT2D eigenvalue weighted by atomic mass is 10.1. The highest BCUT2D eigenvalue weighted by atomic mass is 16.5. The number of carbonyl (C=O) groups excluding carboxylic acids is 1. The average Bonchev–Trinajstić information content (AvgIpc) is 2.38. The molecule has 1 heterocycles.